The summed E-state index contributed by atoms with van der Waals surface area (Å²) in [4.78, 5) is 0. The monoisotopic (exact) mass is 246 g/mol. The minimum absolute atomic E-state index is 0.114. The van der Waals surface area contributed by atoms with Gasteiger partial charge in [0, 0.05) is 5.56 Å². The summed E-state index contributed by atoms with van der Waals surface area (Å²) in [7, 11) is 0. The van der Waals surface area contributed by atoms with Gasteiger partial charge in [-0.25, -0.2) is 0 Å². The molecule has 3 heteroatoms. The number of hydrogen-bond donors (Lipinski definition) is 2. The number of nitrogen functional groups attached to an aromatic ring is 1. The fraction of sp³-hybridized carbons (Fsp3) is 0.533. The van der Waals surface area contributed by atoms with Crippen molar-refractivity contribution in [2.45, 2.75) is 45.3 Å². The summed E-state index contributed by atoms with van der Waals surface area (Å²) in [6.07, 6.45) is 5.42. The molecule has 1 aliphatic rings. The molecule has 0 radical (unpaired) electrons. The van der Waals surface area contributed by atoms with Crippen molar-refractivity contribution < 1.29 is 4.74 Å². The van der Waals surface area contributed by atoms with Crippen molar-refractivity contribution in [2.24, 2.45) is 11.7 Å². The van der Waals surface area contributed by atoms with Crippen LogP contribution in [-0.2, 0) is 11.3 Å². The highest BCUT2D eigenvalue weighted by molar-refractivity contribution is 5.94. The molecule has 2 rings (SSSR count). The Hall–Kier alpha value is -1.35. The minimum Gasteiger partial charge on any atom is -0.384 e. The molecular weight excluding hydrogens is 224 g/mol. The molecule has 0 saturated heterocycles. The van der Waals surface area contributed by atoms with Crippen molar-refractivity contribution in [3.63, 3.8) is 0 Å². The molecule has 0 heterocycles. The summed E-state index contributed by atoms with van der Waals surface area (Å²) in [6, 6.07) is 7.74. The van der Waals surface area contributed by atoms with Crippen molar-refractivity contribution >= 4 is 5.84 Å². The number of nitrogens with one attached hydrogen (secondary N) is 1. The average molecular weight is 246 g/mol. The highest BCUT2D eigenvalue weighted by atomic mass is 16.5. The van der Waals surface area contributed by atoms with E-state index in [1.807, 2.05) is 24.3 Å². The molecule has 1 saturated carbocycles. The maximum atomic E-state index is 7.34. The van der Waals surface area contributed by atoms with Crippen LogP contribution in [0.25, 0.3) is 0 Å². The second-order valence-corrected chi connectivity index (χ2v) is 5.32. The molecule has 2 unspecified atom stereocenters. The van der Waals surface area contributed by atoms with E-state index in [1.165, 1.54) is 25.7 Å². The molecule has 1 aromatic carbocycles. The molecule has 0 aliphatic heterocycles. The lowest BCUT2D eigenvalue weighted by Crippen LogP contribution is -2.21. The Balaban J connectivity index is 1.84. The molecule has 0 spiro atoms. The molecule has 0 amide bonds. The van der Waals surface area contributed by atoms with Crippen molar-refractivity contribution in [1.29, 1.82) is 5.41 Å². The number of amidine groups is 1. The number of ether oxygens (including phenoxy) is 1. The van der Waals surface area contributed by atoms with Gasteiger partial charge in [0.15, 0.2) is 0 Å². The van der Waals surface area contributed by atoms with Crippen LogP contribution in [0.4, 0.5) is 0 Å². The second-order valence-electron chi connectivity index (χ2n) is 5.32. The Bertz CT molecular complexity index is 399. The predicted molar refractivity (Wildman–Crippen MR) is 73.7 cm³/mol. The van der Waals surface area contributed by atoms with E-state index in [9.17, 15) is 0 Å². The van der Waals surface area contributed by atoms with E-state index in [1.54, 1.807) is 0 Å². The topological polar surface area (TPSA) is 59.1 Å². The van der Waals surface area contributed by atoms with E-state index in [4.69, 9.17) is 15.9 Å². The summed E-state index contributed by atoms with van der Waals surface area (Å²) in [6.45, 7) is 2.97. The van der Waals surface area contributed by atoms with Gasteiger partial charge in [0.2, 0.25) is 0 Å². The standard InChI is InChI=1S/C15H22N2O/c1-11-3-2-4-14(9-11)18-10-12-5-7-13(8-6-12)15(16)17/h5-8,11,14H,2-4,9-10H2,1H3,(H3,16,17). The lowest BCUT2D eigenvalue weighted by molar-refractivity contribution is 0.00467. The zero-order chi connectivity index (χ0) is 13.0. The lowest BCUT2D eigenvalue weighted by Gasteiger charge is -2.26. The fourth-order valence-electron chi connectivity index (χ4n) is 2.52. The van der Waals surface area contributed by atoms with Gasteiger partial charge in [-0.3, -0.25) is 5.41 Å². The third-order valence-corrected chi connectivity index (χ3v) is 3.64. The molecule has 2 atom stereocenters. The van der Waals surface area contributed by atoms with E-state index in [-0.39, 0.29) is 5.84 Å². The quantitative estimate of drug-likeness (QED) is 0.633. The highest BCUT2D eigenvalue weighted by Crippen LogP contribution is 2.26. The van der Waals surface area contributed by atoms with Gasteiger partial charge < -0.3 is 10.5 Å². The van der Waals surface area contributed by atoms with Gasteiger partial charge in [-0.05, 0) is 24.3 Å². The second kappa shape index (κ2) is 6.01. The fourth-order valence-corrected chi connectivity index (χ4v) is 2.52. The van der Waals surface area contributed by atoms with Crippen LogP contribution in [0.2, 0.25) is 0 Å². The first-order valence-electron chi connectivity index (χ1n) is 6.70. The largest absolute Gasteiger partial charge is 0.384 e. The van der Waals surface area contributed by atoms with Gasteiger partial charge in [0.25, 0.3) is 0 Å². The summed E-state index contributed by atoms with van der Waals surface area (Å²) in [5.41, 5.74) is 7.34. The van der Waals surface area contributed by atoms with E-state index in [0.717, 1.165) is 17.0 Å². The molecule has 0 bridgehead atoms. The molecular formula is C15H22N2O. The highest BCUT2D eigenvalue weighted by Gasteiger charge is 2.19. The Kier molecular flexibility index (Phi) is 4.37. The molecule has 1 aliphatic carbocycles. The zero-order valence-corrected chi connectivity index (χ0v) is 11.0. The average Bonchev–Trinajstić information content (AvgIpc) is 2.37. The third kappa shape index (κ3) is 3.57. The van der Waals surface area contributed by atoms with Crippen molar-refractivity contribution in [2.75, 3.05) is 0 Å². The maximum absolute atomic E-state index is 7.34. The summed E-state index contributed by atoms with van der Waals surface area (Å²) in [5, 5.41) is 7.34. The van der Waals surface area contributed by atoms with Crippen molar-refractivity contribution in [1.82, 2.24) is 0 Å². The summed E-state index contributed by atoms with van der Waals surface area (Å²) < 4.78 is 5.95. The molecule has 98 valence electrons. The van der Waals surface area contributed by atoms with Gasteiger partial charge >= 0.3 is 0 Å². The van der Waals surface area contributed by atoms with Gasteiger partial charge in [-0.15, -0.1) is 0 Å². The number of rotatable bonds is 4. The van der Waals surface area contributed by atoms with E-state index in [2.05, 4.69) is 6.92 Å². The van der Waals surface area contributed by atoms with Crippen molar-refractivity contribution in [3.05, 3.63) is 35.4 Å². The van der Waals surface area contributed by atoms with Gasteiger partial charge in [0.1, 0.15) is 5.84 Å². The van der Waals surface area contributed by atoms with Gasteiger partial charge in [-0.2, -0.15) is 0 Å². The third-order valence-electron chi connectivity index (χ3n) is 3.64. The molecule has 0 aromatic heterocycles. The Labute approximate surface area is 109 Å². The first-order chi connectivity index (χ1) is 8.65. The SMILES string of the molecule is CC1CCCC(OCc2ccc(C(=N)N)cc2)C1. The predicted octanol–water partition coefficient (Wildman–Crippen LogP) is 3.07. The van der Waals surface area contributed by atoms with Crippen LogP contribution in [0.5, 0.6) is 0 Å². The van der Waals surface area contributed by atoms with Crippen LogP contribution >= 0.6 is 0 Å². The number of hydrogen-bond acceptors (Lipinski definition) is 2. The van der Waals surface area contributed by atoms with E-state index >= 15 is 0 Å². The zero-order valence-electron chi connectivity index (χ0n) is 11.0. The number of nitrogens with two attached hydrogens (primary N) is 1. The van der Waals surface area contributed by atoms with Crippen LogP contribution in [0.1, 0.15) is 43.7 Å². The number of benzene rings is 1. The smallest absolute Gasteiger partial charge is 0.122 e. The van der Waals surface area contributed by atoms with Gasteiger partial charge in [-0.1, -0.05) is 44.0 Å². The van der Waals surface area contributed by atoms with Crippen LogP contribution in [0.3, 0.4) is 0 Å². The van der Waals surface area contributed by atoms with E-state index in [0.29, 0.717) is 12.7 Å². The molecule has 18 heavy (non-hydrogen) atoms. The first-order valence-corrected chi connectivity index (χ1v) is 6.70. The Morgan fingerprint density at radius 1 is 1.33 bits per heavy atom. The molecule has 1 fully saturated rings. The lowest BCUT2D eigenvalue weighted by atomic mass is 9.89. The maximum Gasteiger partial charge on any atom is 0.122 e. The van der Waals surface area contributed by atoms with Crippen LogP contribution in [-0.4, -0.2) is 11.9 Å². The Morgan fingerprint density at radius 2 is 2.06 bits per heavy atom. The van der Waals surface area contributed by atoms with Crippen molar-refractivity contribution in [3.8, 4) is 0 Å². The van der Waals surface area contributed by atoms with Crippen LogP contribution in [0, 0.1) is 11.3 Å². The summed E-state index contributed by atoms with van der Waals surface area (Å²) in [5.74, 6) is 0.910. The Morgan fingerprint density at radius 3 is 2.67 bits per heavy atom. The molecule has 1 aromatic rings. The van der Waals surface area contributed by atoms with Crippen LogP contribution in [0.15, 0.2) is 24.3 Å². The molecule has 3 N–H and O–H groups in total. The summed E-state index contributed by atoms with van der Waals surface area (Å²) >= 11 is 0. The minimum atomic E-state index is 0.114. The van der Waals surface area contributed by atoms with Gasteiger partial charge in [0.05, 0.1) is 12.7 Å². The first kappa shape index (κ1) is 13.1. The molecule has 3 nitrogen and oxygen atoms in total. The normalized spacial score (nSPS) is 23.8. The van der Waals surface area contributed by atoms with E-state index < -0.39 is 0 Å². The van der Waals surface area contributed by atoms with Crippen LogP contribution < -0.4 is 5.73 Å².